The van der Waals surface area contributed by atoms with Crippen LogP contribution in [0, 0.1) is 46.5 Å². The number of alkyl halides is 1. The van der Waals surface area contributed by atoms with Gasteiger partial charge < -0.3 is 27.9 Å². The lowest BCUT2D eigenvalue weighted by Gasteiger charge is -2.29. The highest BCUT2D eigenvalue weighted by Crippen LogP contribution is 2.41. The van der Waals surface area contributed by atoms with Crippen molar-refractivity contribution in [1.82, 2.24) is 5.32 Å². The Kier molecular flexibility index (Phi) is 26.8. The van der Waals surface area contributed by atoms with Gasteiger partial charge in [-0.05, 0) is 166 Å². The Hall–Kier alpha value is -6.37. The van der Waals surface area contributed by atoms with E-state index in [1.165, 1.54) is 97.1 Å². The van der Waals surface area contributed by atoms with Gasteiger partial charge in [0.05, 0.1) is 25.4 Å². The fourth-order valence-corrected chi connectivity index (χ4v) is 14.9. The zero-order valence-corrected chi connectivity index (χ0v) is 63.5. The van der Waals surface area contributed by atoms with Gasteiger partial charge in [-0.2, -0.15) is 8.42 Å². The minimum atomic E-state index is -4.19. The molecule has 8 aromatic carbocycles. The van der Waals surface area contributed by atoms with Gasteiger partial charge in [-0.25, -0.2) is 60.4 Å². The van der Waals surface area contributed by atoms with Crippen LogP contribution in [0.15, 0.2) is 198 Å². The number of piperazine rings is 1. The quantitative estimate of drug-likeness (QED) is 0.0381. The van der Waals surface area contributed by atoms with Gasteiger partial charge in [0.1, 0.15) is 52.1 Å². The molecule has 1 aliphatic heterocycles. The van der Waals surface area contributed by atoms with E-state index in [-0.39, 0.29) is 67.7 Å². The molecule has 0 unspecified atom stereocenters. The van der Waals surface area contributed by atoms with Crippen molar-refractivity contribution in [3.8, 4) is 0 Å². The second-order valence-electron chi connectivity index (χ2n) is 21.8. The third-order valence-corrected chi connectivity index (χ3v) is 19.4. The minimum Gasteiger partial charge on any atom is -0.463 e. The van der Waals surface area contributed by atoms with E-state index in [2.05, 4.69) is 86.4 Å². The third-order valence-electron chi connectivity index (χ3n) is 14.5. The summed E-state index contributed by atoms with van der Waals surface area (Å²) < 4.78 is 229. The molecule has 0 atom stereocenters. The molecule has 12 aromatic rings. The topological polar surface area (TPSA) is 225 Å². The van der Waals surface area contributed by atoms with E-state index >= 15 is 0 Å². The summed E-state index contributed by atoms with van der Waals surface area (Å²) in [5.74, 6) is -3.48. The second-order valence-corrected chi connectivity index (χ2v) is 32.7. The molecule has 0 amide bonds. The lowest BCUT2D eigenvalue weighted by Crippen LogP contribution is -2.43. The third kappa shape index (κ3) is 21.2. The molecule has 1 saturated heterocycles. The number of rotatable bonds is 12. The molecule has 5 heterocycles. The Bertz CT molecular complexity index is 5320. The zero-order chi connectivity index (χ0) is 73.3. The fraction of sp³-hybridized carbons (Fsp3) is 0.164. The highest BCUT2D eigenvalue weighted by atomic mass is 127. The van der Waals surface area contributed by atoms with Gasteiger partial charge in [0.2, 0.25) is 35.0 Å². The predicted octanol–water partition coefficient (Wildman–Crippen LogP) is 18.7. The van der Waals surface area contributed by atoms with Crippen LogP contribution in [0.4, 0.5) is 40.8 Å². The zero-order valence-electron chi connectivity index (χ0n) is 51.8. The van der Waals surface area contributed by atoms with Gasteiger partial charge in [0.15, 0.2) is 16.7 Å². The lowest BCUT2D eigenvalue weighted by atomic mass is 10.0. The maximum atomic E-state index is 14.4. The Morgan fingerprint density at radius 2 is 0.770 bits per heavy atom. The first kappa shape index (κ1) is 79.3. The van der Waals surface area contributed by atoms with Crippen molar-refractivity contribution in [2.75, 3.05) is 48.5 Å². The number of sulfone groups is 2. The number of fused-ring (bicyclic) bond motifs is 4. The van der Waals surface area contributed by atoms with Crippen molar-refractivity contribution in [3.05, 3.63) is 256 Å². The van der Waals surface area contributed by atoms with Gasteiger partial charge >= 0.3 is 9.33 Å². The van der Waals surface area contributed by atoms with Gasteiger partial charge in [-0.15, -0.1) is 0 Å². The largest absolute Gasteiger partial charge is 0.463 e. The highest BCUT2D eigenvalue weighted by molar-refractivity contribution is 14.1. The number of nitrogens with zero attached hydrogens (tertiary/aromatic N) is 1. The number of benzene rings is 8. The van der Waals surface area contributed by atoms with E-state index in [4.69, 9.17) is 41.3 Å². The Balaban J connectivity index is 0.000000165. The van der Waals surface area contributed by atoms with Crippen LogP contribution in [0.2, 0.25) is 0 Å². The summed E-state index contributed by atoms with van der Waals surface area (Å²) in [7, 11) is -6.26. The molecule has 0 spiro atoms. The number of halogens is 14. The SMILES string of the molecule is CI.CS(=O)(=O)c1oc2c(Br)cc(F)cc2c1Cc1cccc(F)c1.CS(=O)(=O)c1oc2c(N3CCNCC3)cc(F)cc2c1Cc1cccc(F)c1.Fc1cccc(Cc2coc3c(Br)cc(F)cc23)c1.O=S(=O)(Cl)c1oc2c(Br)cc(F)cc2c1Cc1cccc(F)c1.O=S(=O)(O)Cl. The van der Waals surface area contributed by atoms with Crippen LogP contribution in [0.5, 0.6) is 0 Å². The van der Waals surface area contributed by atoms with Crippen LogP contribution < -0.4 is 10.2 Å². The molecule has 33 heteroatoms. The fourth-order valence-electron chi connectivity index (χ4n) is 10.6. The molecule has 1 aliphatic rings. The summed E-state index contributed by atoms with van der Waals surface area (Å²) in [6.07, 6.45) is 4.42. The van der Waals surface area contributed by atoms with E-state index in [0.717, 1.165) is 48.9 Å². The summed E-state index contributed by atoms with van der Waals surface area (Å²) in [5, 5.41) is 4.05. The van der Waals surface area contributed by atoms with Crippen molar-refractivity contribution in [3.63, 3.8) is 0 Å². The first-order chi connectivity index (χ1) is 47.0. The molecule has 530 valence electrons. The summed E-state index contributed by atoms with van der Waals surface area (Å²) in [4.78, 5) is 3.95. The summed E-state index contributed by atoms with van der Waals surface area (Å²) >= 11 is 11.7. The van der Waals surface area contributed by atoms with Crippen LogP contribution in [0.3, 0.4) is 0 Å². The van der Waals surface area contributed by atoms with Gasteiger partial charge in [-0.3, -0.25) is 4.55 Å². The minimum absolute atomic E-state index is 0.0297. The Morgan fingerprint density at radius 3 is 1.14 bits per heavy atom. The van der Waals surface area contributed by atoms with Gasteiger partial charge in [0, 0.05) is 136 Å². The van der Waals surface area contributed by atoms with Crippen LogP contribution >= 0.6 is 91.7 Å². The smallest absolute Gasteiger partial charge is 0.353 e. The molecule has 4 aromatic heterocycles. The predicted molar refractivity (Wildman–Crippen MR) is 386 cm³/mol. The molecule has 100 heavy (non-hydrogen) atoms. The molecular weight excluding hydrogens is 1760 g/mol. The van der Waals surface area contributed by atoms with E-state index in [1.54, 1.807) is 36.6 Å². The molecule has 0 aliphatic carbocycles. The van der Waals surface area contributed by atoms with Crippen molar-refractivity contribution >= 4 is 179 Å². The molecule has 1 fully saturated rings. The molecule has 0 bridgehead atoms. The van der Waals surface area contributed by atoms with Crippen molar-refractivity contribution in [2.45, 2.75) is 41.0 Å². The molecular formula is C67H52Br3Cl2F8IN2O13S4. The molecule has 0 radical (unpaired) electrons. The monoisotopic (exact) mass is 1810 g/mol. The molecule has 0 saturated carbocycles. The summed E-state index contributed by atoms with van der Waals surface area (Å²) in [5.41, 5.74) is 6.05. The normalized spacial score (nSPS) is 12.6. The van der Waals surface area contributed by atoms with Crippen molar-refractivity contribution in [2.24, 2.45) is 0 Å². The summed E-state index contributed by atoms with van der Waals surface area (Å²) in [6, 6.07) is 33.9. The maximum absolute atomic E-state index is 14.4. The van der Waals surface area contributed by atoms with E-state index in [0.29, 0.717) is 89.3 Å². The van der Waals surface area contributed by atoms with Crippen LogP contribution in [-0.4, -0.2) is 81.8 Å². The first-order valence-corrected chi connectivity index (χ1v) is 41.6. The highest BCUT2D eigenvalue weighted by Gasteiger charge is 2.30. The first-order valence-electron chi connectivity index (χ1n) is 28.7. The van der Waals surface area contributed by atoms with Crippen LogP contribution in [0.25, 0.3) is 43.9 Å². The number of hydrogen-bond acceptors (Lipinski definition) is 14. The number of nitrogens with one attached hydrogen (secondary N) is 1. The number of anilines is 1. The average Bonchev–Trinajstić information content (AvgIpc) is 1.62. The van der Waals surface area contributed by atoms with Crippen LogP contribution in [0.1, 0.15) is 44.5 Å². The second kappa shape index (κ2) is 33.8. The van der Waals surface area contributed by atoms with Gasteiger partial charge in [0.25, 0.3) is 9.05 Å². The van der Waals surface area contributed by atoms with E-state index in [9.17, 15) is 60.4 Å². The molecule has 13 rings (SSSR count). The standard InChI is InChI=1S/C20H20F2N2O3S.C16H11BrF2O3S.C15H8BrClF2O3S.C15H9BrF2O.CH3I.ClHO3S/c1-28(25,26)20-17(10-13-3-2-4-14(21)9-13)16-11-15(22)12-18(19(16)27-20)24-7-5-23-6-8-24;1-23(20,21)16-13(6-9-3-2-4-10(18)5-9)12-7-11(19)8-14(17)15(12)22-16;16-13-7-10(19)6-11-12(5-8-2-1-3-9(18)4-8)15(22-14(11)13)23(17,20)21;16-14-7-12(18)6-13-10(8-19-15(13)14)4-9-2-1-3-11(17)5-9;1-2;1-5(2,3)4/h2-4,9,11-12,23H,5-8,10H2,1H3;2-5,7-8H,6H2,1H3;1-4,6-7H,5H2;1-3,5-8H,4H2;1H3;(H,2,3,4). The van der Waals surface area contributed by atoms with E-state index in [1.807, 2.05) is 15.9 Å². The Labute approximate surface area is 615 Å². The lowest BCUT2D eigenvalue weighted by molar-refractivity contribution is 0.476. The summed E-state index contributed by atoms with van der Waals surface area (Å²) in [6.45, 7) is 2.81. The number of furan rings is 4. The van der Waals surface area contributed by atoms with E-state index < -0.39 is 78.1 Å². The molecule has 2 N–H and O–H groups in total. The number of hydrogen-bond donors (Lipinski definition) is 2. The maximum Gasteiger partial charge on any atom is 0.353 e. The van der Waals surface area contributed by atoms with Crippen LogP contribution in [-0.2, 0) is 63.7 Å². The van der Waals surface area contributed by atoms with Gasteiger partial charge in [-0.1, -0.05) is 71.1 Å². The van der Waals surface area contributed by atoms with Crippen molar-refractivity contribution in [1.29, 1.82) is 0 Å². The van der Waals surface area contributed by atoms with Crippen molar-refractivity contribution < 1.29 is 91.0 Å². The Morgan fingerprint density at radius 1 is 0.450 bits per heavy atom. The average molecular weight is 1810 g/mol. The molecule has 15 nitrogen and oxygen atoms in total.